The fourth-order valence-corrected chi connectivity index (χ4v) is 6.01. The molecular weight excluding hydrogens is 528 g/mol. The Kier molecular flexibility index (Phi) is 7.35. The molecule has 5 rings (SSSR count). The maximum absolute atomic E-state index is 14.0. The molecule has 0 radical (unpaired) electrons. The van der Waals surface area contributed by atoms with E-state index < -0.39 is 29.3 Å². The summed E-state index contributed by atoms with van der Waals surface area (Å²) in [5, 5.41) is 19.6. The predicted octanol–water partition coefficient (Wildman–Crippen LogP) is 6.30. The quantitative estimate of drug-likeness (QED) is 0.0958. The third kappa shape index (κ3) is 4.97. The van der Waals surface area contributed by atoms with Gasteiger partial charge in [-0.15, -0.1) is 10.2 Å². The fraction of sp³-hybridized carbons (Fsp3) is 0.143. The predicted molar refractivity (Wildman–Crippen MR) is 143 cm³/mol. The number of rotatable bonds is 7. The van der Waals surface area contributed by atoms with E-state index in [1.807, 2.05) is 19.1 Å². The van der Waals surface area contributed by atoms with Crippen LogP contribution >= 0.6 is 23.1 Å². The van der Waals surface area contributed by atoms with Crippen molar-refractivity contribution in [2.45, 2.75) is 29.5 Å². The van der Waals surface area contributed by atoms with Gasteiger partial charge < -0.3 is 5.11 Å². The summed E-state index contributed by atoms with van der Waals surface area (Å²) in [7, 11) is 0. The second-order valence-electron chi connectivity index (χ2n) is 8.50. The van der Waals surface area contributed by atoms with Crippen molar-refractivity contribution in [3.05, 3.63) is 112 Å². The number of anilines is 1. The topological polar surface area (TPSA) is 83.4 Å². The molecule has 192 valence electrons. The fourth-order valence-electron chi connectivity index (χ4n) is 4.16. The number of aromatic nitrogens is 2. The summed E-state index contributed by atoms with van der Waals surface area (Å²) in [5.74, 6) is -2.66. The summed E-state index contributed by atoms with van der Waals surface area (Å²) in [4.78, 5) is 27.8. The molecule has 1 saturated heterocycles. The Morgan fingerprint density at radius 1 is 1.00 bits per heavy atom. The number of amides is 1. The first-order valence-corrected chi connectivity index (χ1v) is 13.5. The Hall–Kier alpha value is -3.89. The Morgan fingerprint density at radius 3 is 2.39 bits per heavy atom. The first-order chi connectivity index (χ1) is 18.4. The average Bonchev–Trinajstić information content (AvgIpc) is 3.50. The van der Waals surface area contributed by atoms with Crippen LogP contribution in [0.2, 0.25) is 0 Å². The molecule has 4 aromatic rings. The number of aryl methyl sites for hydroxylation is 1. The van der Waals surface area contributed by atoms with Crippen LogP contribution in [0.3, 0.4) is 0 Å². The van der Waals surface area contributed by atoms with E-state index in [4.69, 9.17) is 0 Å². The second-order valence-corrected chi connectivity index (χ2v) is 10.7. The molecular formula is C28H21F2N3O3S2. The monoisotopic (exact) mass is 549 g/mol. The van der Waals surface area contributed by atoms with Crippen LogP contribution < -0.4 is 4.90 Å². The SMILES string of the molecule is CCc1ccc(C2/C(=C(/O)c3ccc(F)cc3)C(=O)C(=O)N2c2nnc(SCc3ccccc3F)s2)cc1. The maximum atomic E-state index is 14.0. The van der Waals surface area contributed by atoms with Crippen LogP contribution in [0.5, 0.6) is 0 Å². The van der Waals surface area contributed by atoms with Gasteiger partial charge in [-0.25, -0.2) is 8.78 Å². The van der Waals surface area contributed by atoms with E-state index in [1.54, 1.807) is 30.3 Å². The first kappa shape index (κ1) is 25.7. The molecule has 1 atom stereocenters. The highest BCUT2D eigenvalue weighted by molar-refractivity contribution is 8.00. The summed E-state index contributed by atoms with van der Waals surface area (Å²) in [5.41, 5.74) is 2.25. The van der Waals surface area contributed by atoms with Crippen LogP contribution in [0, 0.1) is 11.6 Å². The van der Waals surface area contributed by atoms with Crippen molar-refractivity contribution in [3.8, 4) is 0 Å². The van der Waals surface area contributed by atoms with E-state index in [1.165, 1.54) is 47.0 Å². The van der Waals surface area contributed by atoms with Gasteiger partial charge in [-0.1, -0.05) is 72.5 Å². The summed E-state index contributed by atoms with van der Waals surface area (Å²) >= 11 is 2.36. The minimum Gasteiger partial charge on any atom is -0.507 e. The van der Waals surface area contributed by atoms with E-state index in [-0.39, 0.29) is 22.1 Å². The van der Waals surface area contributed by atoms with Gasteiger partial charge in [0.15, 0.2) is 4.34 Å². The van der Waals surface area contributed by atoms with Crippen molar-refractivity contribution < 1.29 is 23.5 Å². The van der Waals surface area contributed by atoms with Crippen LogP contribution in [0.1, 0.15) is 35.2 Å². The van der Waals surface area contributed by atoms with Gasteiger partial charge in [0.25, 0.3) is 5.78 Å². The zero-order valence-corrected chi connectivity index (χ0v) is 21.7. The van der Waals surface area contributed by atoms with Crippen molar-refractivity contribution in [3.63, 3.8) is 0 Å². The molecule has 0 spiro atoms. The number of aliphatic hydroxyl groups is 1. The molecule has 1 aliphatic heterocycles. The Balaban J connectivity index is 1.54. The number of thioether (sulfide) groups is 1. The van der Waals surface area contributed by atoms with Crippen molar-refractivity contribution in [1.82, 2.24) is 10.2 Å². The van der Waals surface area contributed by atoms with Gasteiger partial charge in [-0.05, 0) is 53.4 Å². The third-order valence-corrected chi connectivity index (χ3v) is 8.28. The highest BCUT2D eigenvalue weighted by Gasteiger charge is 2.48. The molecule has 3 aromatic carbocycles. The molecule has 38 heavy (non-hydrogen) atoms. The molecule has 1 N–H and O–H groups in total. The number of halogens is 2. The zero-order valence-electron chi connectivity index (χ0n) is 20.1. The molecule has 2 heterocycles. The molecule has 0 aliphatic carbocycles. The lowest BCUT2D eigenvalue weighted by atomic mass is 9.94. The highest BCUT2D eigenvalue weighted by atomic mass is 32.2. The number of aliphatic hydroxyl groups excluding tert-OH is 1. The number of ketones is 1. The van der Waals surface area contributed by atoms with Crippen LogP contribution in [-0.4, -0.2) is 27.0 Å². The van der Waals surface area contributed by atoms with Crippen molar-refractivity contribution in [1.29, 1.82) is 0 Å². The van der Waals surface area contributed by atoms with Crippen molar-refractivity contribution >= 4 is 45.7 Å². The van der Waals surface area contributed by atoms with Gasteiger partial charge in [0.05, 0.1) is 11.6 Å². The van der Waals surface area contributed by atoms with Gasteiger partial charge in [0, 0.05) is 11.3 Å². The molecule has 1 amide bonds. The summed E-state index contributed by atoms with van der Waals surface area (Å²) in [6.07, 6.45) is 0.801. The smallest absolute Gasteiger partial charge is 0.301 e. The summed E-state index contributed by atoms with van der Waals surface area (Å²) in [6.45, 7) is 2.01. The molecule has 0 saturated carbocycles. The first-order valence-electron chi connectivity index (χ1n) is 11.7. The van der Waals surface area contributed by atoms with Crippen molar-refractivity contribution in [2.24, 2.45) is 0 Å². The molecule has 0 bridgehead atoms. The van der Waals surface area contributed by atoms with Gasteiger partial charge in [-0.3, -0.25) is 14.5 Å². The number of carbonyl (C=O) groups is 2. The number of hydrogen-bond acceptors (Lipinski definition) is 7. The van der Waals surface area contributed by atoms with E-state index in [0.717, 1.165) is 23.3 Å². The Bertz CT molecular complexity index is 1540. The van der Waals surface area contributed by atoms with E-state index in [0.29, 0.717) is 21.2 Å². The van der Waals surface area contributed by atoms with E-state index >= 15 is 0 Å². The molecule has 6 nitrogen and oxygen atoms in total. The van der Waals surface area contributed by atoms with E-state index in [2.05, 4.69) is 10.2 Å². The lowest BCUT2D eigenvalue weighted by Crippen LogP contribution is -2.29. The maximum Gasteiger partial charge on any atom is 0.301 e. The Morgan fingerprint density at radius 2 is 1.71 bits per heavy atom. The van der Waals surface area contributed by atoms with Gasteiger partial charge in [0.1, 0.15) is 17.4 Å². The number of Topliss-reactive ketones (excluding diaryl/α,β-unsaturated/α-hetero) is 1. The molecule has 10 heteroatoms. The number of benzene rings is 3. The van der Waals surface area contributed by atoms with Crippen LogP contribution in [0.4, 0.5) is 13.9 Å². The molecule has 1 aliphatic rings. The largest absolute Gasteiger partial charge is 0.507 e. The van der Waals surface area contributed by atoms with Crippen LogP contribution in [-0.2, 0) is 21.8 Å². The molecule has 1 unspecified atom stereocenters. The average molecular weight is 550 g/mol. The minimum absolute atomic E-state index is 0.124. The standard InChI is InChI=1S/C28H21F2N3O3S2/c1-2-16-7-9-17(10-8-16)23-22(24(34)18-11-13-20(29)14-12-18)25(35)26(36)33(23)27-31-32-28(38-27)37-15-19-5-3-4-6-21(19)30/h3-14,23,34H,2,15H2,1H3/b24-22-. The van der Waals surface area contributed by atoms with Crippen LogP contribution in [0.15, 0.2) is 82.7 Å². The highest BCUT2D eigenvalue weighted by Crippen LogP contribution is 2.44. The van der Waals surface area contributed by atoms with E-state index in [9.17, 15) is 23.5 Å². The van der Waals surface area contributed by atoms with Gasteiger partial charge >= 0.3 is 5.91 Å². The second kappa shape index (κ2) is 10.8. The minimum atomic E-state index is -0.969. The lowest BCUT2D eigenvalue weighted by Gasteiger charge is -2.22. The third-order valence-electron chi connectivity index (χ3n) is 6.18. The zero-order chi connectivity index (χ0) is 26.8. The lowest BCUT2D eigenvalue weighted by molar-refractivity contribution is -0.132. The van der Waals surface area contributed by atoms with Crippen molar-refractivity contribution in [2.75, 3.05) is 4.90 Å². The number of nitrogens with zero attached hydrogens (tertiary/aromatic N) is 3. The number of carbonyl (C=O) groups excluding carboxylic acids is 2. The van der Waals surface area contributed by atoms with Gasteiger partial charge in [-0.2, -0.15) is 0 Å². The normalized spacial score (nSPS) is 16.8. The summed E-state index contributed by atoms with van der Waals surface area (Å²) < 4.78 is 28.0. The molecule has 1 fully saturated rings. The molecule has 1 aromatic heterocycles. The Labute approximate surface area is 225 Å². The van der Waals surface area contributed by atoms with Crippen LogP contribution in [0.25, 0.3) is 5.76 Å². The summed E-state index contributed by atoms with van der Waals surface area (Å²) in [6, 6.07) is 17.9. The van der Waals surface area contributed by atoms with Gasteiger partial charge in [0.2, 0.25) is 5.13 Å². The number of hydrogen-bond donors (Lipinski definition) is 1.